The summed E-state index contributed by atoms with van der Waals surface area (Å²) in [4.78, 5) is 12.1. The van der Waals surface area contributed by atoms with E-state index < -0.39 is 23.6 Å². The molecule has 0 saturated carbocycles. The zero-order chi connectivity index (χ0) is 18.6. The predicted octanol–water partition coefficient (Wildman–Crippen LogP) is 4.53. The van der Waals surface area contributed by atoms with E-state index in [1.165, 1.54) is 6.07 Å². The molecule has 2 aromatic rings. The molecule has 6 nitrogen and oxygen atoms in total. The first-order chi connectivity index (χ1) is 11.7. The van der Waals surface area contributed by atoms with Gasteiger partial charge in [0, 0.05) is 5.56 Å². The van der Waals surface area contributed by atoms with Gasteiger partial charge in [0.25, 0.3) is 5.88 Å². The van der Waals surface area contributed by atoms with Crippen molar-refractivity contribution in [3.05, 3.63) is 45.9 Å². The van der Waals surface area contributed by atoms with Crippen LogP contribution in [-0.4, -0.2) is 23.5 Å². The summed E-state index contributed by atoms with van der Waals surface area (Å²) in [7, 11) is 0. The smallest absolute Gasteiger partial charge is 0.408 e. The van der Waals surface area contributed by atoms with Gasteiger partial charge in [-0.3, -0.25) is 0 Å². The summed E-state index contributed by atoms with van der Waals surface area (Å²) in [6.07, 6.45) is -0.667. The highest BCUT2D eigenvalue weighted by molar-refractivity contribution is 9.10. The molecule has 0 bridgehead atoms. The number of carbonyl (C=O) groups excluding carboxylic acids is 1. The SMILES string of the molecule is Cc1onc(OC[C@@H](NC(=O)OC(C)(C)C)c2ccccc2F)c1Br. The molecule has 0 spiro atoms. The minimum atomic E-state index is -0.764. The third-order valence-electron chi connectivity index (χ3n) is 3.12. The highest BCUT2D eigenvalue weighted by Crippen LogP contribution is 2.28. The van der Waals surface area contributed by atoms with Gasteiger partial charge in [0.2, 0.25) is 0 Å². The largest absolute Gasteiger partial charge is 0.472 e. The van der Waals surface area contributed by atoms with Gasteiger partial charge in [0.05, 0.1) is 6.04 Å². The van der Waals surface area contributed by atoms with Gasteiger partial charge in [-0.2, -0.15) is 0 Å². The lowest BCUT2D eigenvalue weighted by Crippen LogP contribution is -2.37. The first-order valence-corrected chi connectivity index (χ1v) is 8.45. The van der Waals surface area contributed by atoms with Crippen molar-refractivity contribution in [2.75, 3.05) is 6.61 Å². The normalized spacial score (nSPS) is 12.6. The van der Waals surface area contributed by atoms with Crippen molar-refractivity contribution >= 4 is 22.0 Å². The molecule has 1 atom stereocenters. The summed E-state index contributed by atoms with van der Waals surface area (Å²) in [5.41, 5.74) is -0.388. The van der Waals surface area contributed by atoms with Gasteiger partial charge in [-0.1, -0.05) is 18.2 Å². The molecule has 1 N–H and O–H groups in total. The molecule has 0 radical (unpaired) electrons. The molecule has 1 amide bonds. The van der Waals surface area contributed by atoms with Crippen LogP contribution in [0.25, 0.3) is 0 Å². The molecule has 25 heavy (non-hydrogen) atoms. The maximum atomic E-state index is 14.1. The highest BCUT2D eigenvalue weighted by atomic mass is 79.9. The molecule has 1 aromatic heterocycles. The molecular formula is C17H20BrFN2O4. The zero-order valence-corrected chi connectivity index (χ0v) is 16.0. The fourth-order valence-electron chi connectivity index (χ4n) is 2.01. The van der Waals surface area contributed by atoms with E-state index >= 15 is 0 Å². The minimum Gasteiger partial charge on any atom is -0.472 e. The number of aromatic nitrogens is 1. The van der Waals surface area contributed by atoms with Crippen LogP contribution < -0.4 is 10.1 Å². The molecule has 8 heteroatoms. The molecule has 0 fully saturated rings. The lowest BCUT2D eigenvalue weighted by Gasteiger charge is -2.24. The third-order valence-corrected chi connectivity index (χ3v) is 4.02. The Hall–Kier alpha value is -2.09. The lowest BCUT2D eigenvalue weighted by molar-refractivity contribution is 0.0484. The second-order valence-electron chi connectivity index (χ2n) is 6.39. The second kappa shape index (κ2) is 7.86. The predicted molar refractivity (Wildman–Crippen MR) is 92.9 cm³/mol. The van der Waals surface area contributed by atoms with Gasteiger partial charge in [-0.25, -0.2) is 9.18 Å². The van der Waals surface area contributed by atoms with Crippen molar-refractivity contribution in [2.45, 2.75) is 39.3 Å². The summed E-state index contributed by atoms with van der Waals surface area (Å²) in [6, 6.07) is 5.37. The number of ether oxygens (including phenoxy) is 2. The Bertz CT molecular complexity index is 742. The van der Waals surface area contributed by atoms with E-state index in [2.05, 4.69) is 26.4 Å². The van der Waals surface area contributed by atoms with Gasteiger partial charge >= 0.3 is 6.09 Å². The Kier molecular flexibility index (Phi) is 6.05. The molecular weight excluding hydrogens is 395 g/mol. The van der Waals surface area contributed by atoms with Gasteiger partial charge in [-0.05, 0) is 54.8 Å². The summed E-state index contributed by atoms with van der Waals surface area (Å²) < 4.78 is 30.5. The number of carbonyl (C=O) groups is 1. The first-order valence-electron chi connectivity index (χ1n) is 7.66. The van der Waals surface area contributed by atoms with Crippen LogP contribution in [0.15, 0.2) is 33.3 Å². The number of amides is 1. The van der Waals surface area contributed by atoms with Crippen LogP contribution in [-0.2, 0) is 4.74 Å². The van der Waals surface area contributed by atoms with Gasteiger partial charge in [0.15, 0.2) is 5.76 Å². The third kappa shape index (κ3) is 5.45. The summed E-state index contributed by atoms with van der Waals surface area (Å²) in [5.74, 6) is 0.324. The van der Waals surface area contributed by atoms with Crippen molar-refractivity contribution in [2.24, 2.45) is 0 Å². The quantitative estimate of drug-likeness (QED) is 0.777. The maximum absolute atomic E-state index is 14.1. The number of aryl methyl sites for hydroxylation is 1. The molecule has 1 heterocycles. The average Bonchev–Trinajstić information content (AvgIpc) is 2.82. The van der Waals surface area contributed by atoms with Crippen molar-refractivity contribution in [3.63, 3.8) is 0 Å². The minimum absolute atomic E-state index is 0.0508. The van der Waals surface area contributed by atoms with Crippen molar-refractivity contribution in [1.29, 1.82) is 0 Å². The fraction of sp³-hybridized carbons (Fsp3) is 0.412. The molecule has 2 rings (SSSR count). The summed E-state index contributed by atoms with van der Waals surface area (Å²) in [5, 5.41) is 6.39. The van der Waals surface area contributed by atoms with Crippen LogP contribution in [0.2, 0.25) is 0 Å². The Morgan fingerprint density at radius 3 is 2.64 bits per heavy atom. The molecule has 0 aliphatic carbocycles. The standard InChI is InChI=1S/C17H20BrFN2O4/c1-10-14(18)15(21-25-10)23-9-13(11-7-5-6-8-12(11)19)20-16(22)24-17(2,3)4/h5-8,13H,9H2,1-4H3,(H,20,22)/t13-/m1/s1. The highest BCUT2D eigenvalue weighted by Gasteiger charge is 2.24. The van der Waals surface area contributed by atoms with Gasteiger partial charge < -0.3 is 19.3 Å². The number of nitrogens with zero attached hydrogens (tertiary/aromatic N) is 1. The van der Waals surface area contributed by atoms with E-state index in [4.69, 9.17) is 14.0 Å². The molecule has 0 saturated heterocycles. The van der Waals surface area contributed by atoms with E-state index in [0.29, 0.717) is 10.2 Å². The van der Waals surface area contributed by atoms with Crippen LogP contribution >= 0.6 is 15.9 Å². The average molecular weight is 415 g/mol. The molecule has 0 aliphatic rings. The Labute approximate surface area is 153 Å². The molecule has 0 unspecified atom stereocenters. The Morgan fingerprint density at radius 2 is 2.08 bits per heavy atom. The van der Waals surface area contributed by atoms with E-state index in [-0.39, 0.29) is 18.1 Å². The van der Waals surface area contributed by atoms with Crippen LogP contribution in [0.3, 0.4) is 0 Å². The number of hydrogen-bond donors (Lipinski definition) is 1. The van der Waals surface area contributed by atoms with Crippen LogP contribution in [0.1, 0.15) is 38.1 Å². The van der Waals surface area contributed by atoms with Gasteiger partial charge in [-0.15, -0.1) is 0 Å². The van der Waals surface area contributed by atoms with Crippen molar-refractivity contribution < 1.29 is 23.2 Å². The molecule has 136 valence electrons. The lowest BCUT2D eigenvalue weighted by atomic mass is 10.1. The zero-order valence-electron chi connectivity index (χ0n) is 14.4. The van der Waals surface area contributed by atoms with E-state index in [1.807, 2.05) is 0 Å². The monoisotopic (exact) mass is 414 g/mol. The Balaban J connectivity index is 2.16. The second-order valence-corrected chi connectivity index (χ2v) is 7.18. The Morgan fingerprint density at radius 1 is 1.40 bits per heavy atom. The number of rotatable bonds is 5. The first kappa shape index (κ1) is 19.2. The van der Waals surface area contributed by atoms with E-state index in [1.54, 1.807) is 45.9 Å². The van der Waals surface area contributed by atoms with Gasteiger partial charge in [0.1, 0.15) is 22.5 Å². The molecule has 0 aliphatic heterocycles. The number of halogens is 2. The maximum Gasteiger partial charge on any atom is 0.408 e. The number of hydrogen-bond acceptors (Lipinski definition) is 5. The fourth-order valence-corrected chi connectivity index (χ4v) is 2.27. The van der Waals surface area contributed by atoms with E-state index in [9.17, 15) is 9.18 Å². The van der Waals surface area contributed by atoms with E-state index in [0.717, 1.165) is 0 Å². The van der Waals surface area contributed by atoms with Crippen molar-refractivity contribution in [3.8, 4) is 5.88 Å². The summed E-state index contributed by atoms with van der Waals surface area (Å²) in [6.45, 7) is 6.91. The van der Waals surface area contributed by atoms with Crippen LogP contribution in [0, 0.1) is 12.7 Å². The number of benzene rings is 1. The van der Waals surface area contributed by atoms with Crippen molar-refractivity contribution in [1.82, 2.24) is 10.5 Å². The summed E-state index contributed by atoms with van der Waals surface area (Å²) >= 11 is 3.29. The number of alkyl carbamates (subject to hydrolysis) is 1. The number of nitrogens with one attached hydrogen (secondary N) is 1. The topological polar surface area (TPSA) is 73.6 Å². The molecule has 1 aromatic carbocycles. The van der Waals surface area contributed by atoms with Crippen LogP contribution in [0.4, 0.5) is 9.18 Å². The van der Waals surface area contributed by atoms with Crippen LogP contribution in [0.5, 0.6) is 5.88 Å².